The molecule has 0 radical (unpaired) electrons. The summed E-state index contributed by atoms with van der Waals surface area (Å²) in [5.74, 6) is 0.212. The van der Waals surface area contributed by atoms with Gasteiger partial charge in [-0.15, -0.1) is 0 Å². The van der Waals surface area contributed by atoms with Crippen LogP contribution in [0.2, 0.25) is 0 Å². The van der Waals surface area contributed by atoms with Crippen molar-refractivity contribution in [1.82, 2.24) is 9.55 Å². The summed E-state index contributed by atoms with van der Waals surface area (Å²) >= 11 is 0. The molecule has 1 unspecified atom stereocenters. The Bertz CT molecular complexity index is 1250. The van der Waals surface area contributed by atoms with E-state index >= 15 is 0 Å². The van der Waals surface area contributed by atoms with E-state index in [1.54, 1.807) is 0 Å². The van der Waals surface area contributed by atoms with Crippen molar-refractivity contribution in [2.45, 2.75) is 25.8 Å². The number of carbonyl (C=O) groups is 1. The van der Waals surface area contributed by atoms with E-state index in [0.29, 0.717) is 11.7 Å². The zero-order chi connectivity index (χ0) is 22.6. The third-order valence-corrected chi connectivity index (χ3v) is 6.28. The van der Waals surface area contributed by atoms with Gasteiger partial charge in [0.05, 0.1) is 17.7 Å². The van der Waals surface area contributed by atoms with Crippen LogP contribution in [0, 0.1) is 5.92 Å². The molecule has 5 rings (SSSR count). The highest BCUT2D eigenvalue weighted by Gasteiger charge is 2.24. The standard InChI is InChI=1S/C28H26N2O3/c31-26(32)18-33-25-13-7-12-23-16-20(14-15-24(23)25)17-30-19-29-27(21-8-3-1-4-9-21)28(30)22-10-5-2-6-11-22/h1-13,19-20H,14-18H2,(H,31,32). The average molecular weight is 439 g/mol. The SMILES string of the molecule is O=C(O)COc1cccc2c1CCC(Cn1cnc(-c3ccccc3)c1-c1ccccc1)C2. The molecule has 0 fully saturated rings. The second-order valence-corrected chi connectivity index (χ2v) is 8.51. The molecular weight excluding hydrogens is 412 g/mol. The van der Waals surface area contributed by atoms with Gasteiger partial charge in [0.15, 0.2) is 6.61 Å². The highest BCUT2D eigenvalue weighted by Crippen LogP contribution is 2.36. The van der Waals surface area contributed by atoms with Crippen LogP contribution in [0.5, 0.6) is 5.75 Å². The molecule has 1 aromatic heterocycles. The fourth-order valence-electron chi connectivity index (χ4n) is 4.78. The highest BCUT2D eigenvalue weighted by molar-refractivity contribution is 5.78. The van der Waals surface area contributed by atoms with Gasteiger partial charge in [-0.3, -0.25) is 0 Å². The van der Waals surface area contributed by atoms with E-state index in [-0.39, 0.29) is 6.61 Å². The number of hydrogen-bond acceptors (Lipinski definition) is 3. The van der Waals surface area contributed by atoms with Gasteiger partial charge in [0.25, 0.3) is 0 Å². The first kappa shape index (κ1) is 21.0. The van der Waals surface area contributed by atoms with E-state index < -0.39 is 5.97 Å². The first-order valence-corrected chi connectivity index (χ1v) is 11.3. The minimum atomic E-state index is -0.955. The van der Waals surface area contributed by atoms with Gasteiger partial charge in [-0.25, -0.2) is 9.78 Å². The van der Waals surface area contributed by atoms with Crippen molar-refractivity contribution in [3.63, 3.8) is 0 Å². The van der Waals surface area contributed by atoms with E-state index in [1.807, 2.05) is 42.7 Å². The number of ether oxygens (including phenoxy) is 1. The number of imidazole rings is 1. The third kappa shape index (κ3) is 4.53. The highest BCUT2D eigenvalue weighted by atomic mass is 16.5. The Kier molecular flexibility index (Phi) is 5.94. The first-order valence-electron chi connectivity index (χ1n) is 11.3. The van der Waals surface area contributed by atoms with E-state index in [9.17, 15) is 4.79 Å². The van der Waals surface area contributed by atoms with Crippen LogP contribution in [0.25, 0.3) is 22.5 Å². The molecular formula is C28H26N2O3. The number of aromatic nitrogens is 2. The molecule has 0 saturated heterocycles. The summed E-state index contributed by atoms with van der Waals surface area (Å²) < 4.78 is 7.82. The minimum absolute atomic E-state index is 0.308. The van der Waals surface area contributed by atoms with Crippen LogP contribution in [0.15, 0.2) is 85.2 Å². The summed E-state index contributed by atoms with van der Waals surface area (Å²) in [5.41, 5.74) is 6.82. The van der Waals surface area contributed by atoms with Crippen LogP contribution in [-0.2, 0) is 24.2 Å². The van der Waals surface area contributed by atoms with Crippen molar-refractivity contribution in [3.05, 3.63) is 96.3 Å². The number of benzene rings is 3. The lowest BCUT2D eigenvalue weighted by atomic mass is 9.83. The smallest absolute Gasteiger partial charge is 0.341 e. The van der Waals surface area contributed by atoms with Crippen LogP contribution < -0.4 is 4.74 Å². The molecule has 1 aliphatic rings. The second-order valence-electron chi connectivity index (χ2n) is 8.51. The lowest BCUT2D eigenvalue weighted by Gasteiger charge is -2.27. The number of carboxylic acid groups (broad SMARTS) is 1. The molecule has 1 aliphatic carbocycles. The molecule has 0 amide bonds. The fourth-order valence-corrected chi connectivity index (χ4v) is 4.78. The normalized spacial score (nSPS) is 15.1. The fraction of sp³-hybridized carbons (Fsp3) is 0.214. The Balaban J connectivity index is 1.42. The second kappa shape index (κ2) is 9.33. The van der Waals surface area contributed by atoms with Crippen molar-refractivity contribution >= 4 is 5.97 Å². The Morgan fingerprint density at radius 3 is 2.42 bits per heavy atom. The van der Waals surface area contributed by atoms with Crippen LogP contribution >= 0.6 is 0 Å². The maximum Gasteiger partial charge on any atom is 0.341 e. The average Bonchev–Trinajstić information content (AvgIpc) is 3.27. The summed E-state index contributed by atoms with van der Waals surface area (Å²) in [6.07, 6.45) is 4.81. The van der Waals surface area contributed by atoms with Crippen molar-refractivity contribution < 1.29 is 14.6 Å². The molecule has 0 bridgehead atoms. The zero-order valence-electron chi connectivity index (χ0n) is 18.4. The predicted octanol–water partition coefficient (Wildman–Crippen LogP) is 5.49. The summed E-state index contributed by atoms with van der Waals surface area (Å²) in [6.45, 7) is 0.571. The summed E-state index contributed by atoms with van der Waals surface area (Å²) in [7, 11) is 0. The van der Waals surface area contributed by atoms with Gasteiger partial charge in [-0.2, -0.15) is 0 Å². The molecule has 5 heteroatoms. The maximum absolute atomic E-state index is 10.9. The molecule has 1 heterocycles. The van der Waals surface area contributed by atoms with Gasteiger partial charge in [0.2, 0.25) is 0 Å². The van der Waals surface area contributed by atoms with Gasteiger partial charge >= 0.3 is 5.97 Å². The number of hydrogen-bond donors (Lipinski definition) is 1. The number of carboxylic acids is 1. The van der Waals surface area contributed by atoms with Crippen LogP contribution in [0.1, 0.15) is 17.5 Å². The number of fused-ring (bicyclic) bond motifs is 1. The number of aliphatic carboxylic acids is 1. The number of nitrogens with zero attached hydrogens (tertiary/aromatic N) is 2. The van der Waals surface area contributed by atoms with E-state index in [2.05, 4.69) is 47.0 Å². The van der Waals surface area contributed by atoms with Crippen molar-refractivity contribution in [3.8, 4) is 28.3 Å². The Morgan fingerprint density at radius 2 is 1.70 bits per heavy atom. The molecule has 0 saturated carbocycles. The molecule has 1 N–H and O–H groups in total. The molecule has 5 nitrogen and oxygen atoms in total. The van der Waals surface area contributed by atoms with Crippen LogP contribution in [-0.4, -0.2) is 27.2 Å². The Hall–Kier alpha value is -3.86. The molecule has 166 valence electrons. The van der Waals surface area contributed by atoms with Gasteiger partial charge in [-0.05, 0) is 42.4 Å². The quantitative estimate of drug-likeness (QED) is 0.415. The lowest BCUT2D eigenvalue weighted by Crippen LogP contribution is -2.21. The summed E-state index contributed by atoms with van der Waals surface area (Å²) in [4.78, 5) is 15.7. The topological polar surface area (TPSA) is 64.3 Å². The first-order chi connectivity index (χ1) is 16.2. The van der Waals surface area contributed by atoms with E-state index in [0.717, 1.165) is 53.9 Å². The van der Waals surface area contributed by atoms with Gasteiger partial charge in [0, 0.05) is 17.7 Å². The van der Waals surface area contributed by atoms with Gasteiger partial charge in [-0.1, -0.05) is 72.8 Å². The van der Waals surface area contributed by atoms with E-state index in [4.69, 9.17) is 14.8 Å². The monoisotopic (exact) mass is 438 g/mol. The molecule has 4 aromatic rings. The van der Waals surface area contributed by atoms with Crippen molar-refractivity contribution in [1.29, 1.82) is 0 Å². The Morgan fingerprint density at radius 1 is 0.970 bits per heavy atom. The van der Waals surface area contributed by atoms with Crippen LogP contribution in [0.4, 0.5) is 0 Å². The molecule has 1 atom stereocenters. The van der Waals surface area contributed by atoms with Crippen LogP contribution in [0.3, 0.4) is 0 Å². The third-order valence-electron chi connectivity index (χ3n) is 6.28. The molecule has 0 aliphatic heterocycles. The minimum Gasteiger partial charge on any atom is -0.482 e. The molecule has 0 spiro atoms. The molecule has 33 heavy (non-hydrogen) atoms. The zero-order valence-corrected chi connectivity index (χ0v) is 18.4. The van der Waals surface area contributed by atoms with Gasteiger partial charge < -0.3 is 14.4 Å². The van der Waals surface area contributed by atoms with E-state index in [1.165, 1.54) is 5.56 Å². The lowest BCUT2D eigenvalue weighted by molar-refractivity contribution is -0.139. The molecule has 3 aromatic carbocycles. The maximum atomic E-state index is 10.9. The largest absolute Gasteiger partial charge is 0.482 e. The number of rotatable bonds is 7. The van der Waals surface area contributed by atoms with Crippen molar-refractivity contribution in [2.24, 2.45) is 5.92 Å². The van der Waals surface area contributed by atoms with Crippen molar-refractivity contribution in [2.75, 3.05) is 6.61 Å². The van der Waals surface area contributed by atoms with Gasteiger partial charge in [0.1, 0.15) is 5.75 Å². The summed E-state index contributed by atoms with van der Waals surface area (Å²) in [5, 5.41) is 8.96. The predicted molar refractivity (Wildman–Crippen MR) is 128 cm³/mol. The summed E-state index contributed by atoms with van der Waals surface area (Å²) in [6, 6.07) is 26.7. The Labute approximate surface area is 193 Å².